The highest BCUT2D eigenvalue weighted by molar-refractivity contribution is 5.79. The van der Waals surface area contributed by atoms with E-state index in [1.807, 2.05) is 13.1 Å². The van der Waals surface area contributed by atoms with Crippen LogP contribution in [0.5, 0.6) is 0 Å². The number of nitrogens with two attached hydrogens (primary N) is 1. The average molecular weight is 189 g/mol. The van der Waals surface area contributed by atoms with Crippen LogP contribution in [0, 0.1) is 0 Å². The molecule has 1 aromatic carbocycles. The van der Waals surface area contributed by atoms with E-state index in [1.54, 1.807) is 0 Å². The van der Waals surface area contributed by atoms with Gasteiger partial charge in [-0.05, 0) is 18.1 Å². The van der Waals surface area contributed by atoms with Gasteiger partial charge in [-0.25, -0.2) is 4.98 Å². The van der Waals surface area contributed by atoms with E-state index in [4.69, 9.17) is 5.73 Å². The Morgan fingerprint density at radius 2 is 2.21 bits per heavy atom. The Kier molecular flexibility index (Phi) is 2.25. The molecule has 1 heterocycles. The second kappa shape index (κ2) is 3.42. The fourth-order valence-corrected chi connectivity index (χ4v) is 1.87. The molecule has 0 atom stereocenters. The van der Waals surface area contributed by atoms with Crippen LogP contribution in [0.15, 0.2) is 18.2 Å². The van der Waals surface area contributed by atoms with Gasteiger partial charge in [0, 0.05) is 7.05 Å². The summed E-state index contributed by atoms with van der Waals surface area (Å²) in [5.41, 5.74) is 9.22. The summed E-state index contributed by atoms with van der Waals surface area (Å²) in [4.78, 5) is 4.48. The first kappa shape index (κ1) is 9.21. The molecule has 0 bridgehead atoms. The van der Waals surface area contributed by atoms with Gasteiger partial charge in [0.15, 0.2) is 0 Å². The van der Waals surface area contributed by atoms with Crippen molar-refractivity contribution in [3.8, 4) is 0 Å². The van der Waals surface area contributed by atoms with Crippen LogP contribution in [-0.4, -0.2) is 9.55 Å². The smallest absolute Gasteiger partial charge is 0.123 e. The molecule has 3 heteroatoms. The van der Waals surface area contributed by atoms with Crippen LogP contribution in [0.4, 0.5) is 0 Å². The summed E-state index contributed by atoms with van der Waals surface area (Å²) in [6.45, 7) is 2.65. The van der Waals surface area contributed by atoms with E-state index in [1.165, 1.54) is 11.1 Å². The van der Waals surface area contributed by atoms with Gasteiger partial charge in [-0.15, -0.1) is 0 Å². The summed E-state index contributed by atoms with van der Waals surface area (Å²) in [5, 5.41) is 0. The Morgan fingerprint density at radius 3 is 2.86 bits per heavy atom. The first-order valence-corrected chi connectivity index (χ1v) is 4.91. The van der Waals surface area contributed by atoms with Gasteiger partial charge in [0.05, 0.1) is 17.6 Å². The lowest BCUT2D eigenvalue weighted by Crippen LogP contribution is -2.04. The van der Waals surface area contributed by atoms with Crippen molar-refractivity contribution in [1.29, 1.82) is 0 Å². The van der Waals surface area contributed by atoms with Crippen molar-refractivity contribution in [1.82, 2.24) is 9.55 Å². The highest BCUT2D eigenvalue weighted by atomic mass is 15.1. The van der Waals surface area contributed by atoms with E-state index in [0.717, 1.165) is 17.8 Å². The molecule has 3 nitrogen and oxygen atoms in total. The van der Waals surface area contributed by atoms with Crippen molar-refractivity contribution in [2.24, 2.45) is 12.8 Å². The van der Waals surface area contributed by atoms with Gasteiger partial charge in [-0.3, -0.25) is 0 Å². The molecule has 0 saturated carbocycles. The molecule has 0 radical (unpaired) electrons. The van der Waals surface area contributed by atoms with E-state index in [2.05, 4.69) is 28.6 Å². The van der Waals surface area contributed by atoms with Crippen molar-refractivity contribution in [2.75, 3.05) is 0 Å². The number of hydrogen-bond acceptors (Lipinski definition) is 2. The molecule has 2 aromatic rings. The van der Waals surface area contributed by atoms with E-state index in [0.29, 0.717) is 6.54 Å². The third-order valence-corrected chi connectivity index (χ3v) is 2.63. The maximum atomic E-state index is 5.62. The summed E-state index contributed by atoms with van der Waals surface area (Å²) < 4.78 is 2.09. The highest BCUT2D eigenvalue weighted by Gasteiger charge is 2.08. The first-order valence-electron chi connectivity index (χ1n) is 4.91. The molecule has 74 valence electrons. The number of para-hydroxylation sites is 1. The van der Waals surface area contributed by atoms with Crippen molar-refractivity contribution in [3.05, 3.63) is 29.6 Å². The maximum Gasteiger partial charge on any atom is 0.123 e. The van der Waals surface area contributed by atoms with Crippen LogP contribution in [0.2, 0.25) is 0 Å². The number of rotatable bonds is 2. The van der Waals surface area contributed by atoms with Gasteiger partial charge < -0.3 is 10.3 Å². The lowest BCUT2D eigenvalue weighted by atomic mass is 10.1. The second-order valence-electron chi connectivity index (χ2n) is 3.43. The monoisotopic (exact) mass is 189 g/mol. The molecule has 0 spiro atoms. The number of benzene rings is 1. The van der Waals surface area contributed by atoms with Gasteiger partial charge in [0.2, 0.25) is 0 Å². The Bertz CT molecular complexity index is 457. The fourth-order valence-electron chi connectivity index (χ4n) is 1.87. The second-order valence-corrected chi connectivity index (χ2v) is 3.43. The third kappa shape index (κ3) is 1.21. The molecule has 2 N–H and O–H groups in total. The normalized spacial score (nSPS) is 11.1. The summed E-state index contributed by atoms with van der Waals surface area (Å²) in [5.74, 6) is 0.945. The minimum atomic E-state index is 0.494. The highest BCUT2D eigenvalue weighted by Crippen LogP contribution is 2.19. The maximum absolute atomic E-state index is 5.62. The van der Waals surface area contributed by atoms with Crippen LogP contribution >= 0.6 is 0 Å². The molecule has 0 saturated heterocycles. The number of fused-ring (bicyclic) bond motifs is 1. The minimum absolute atomic E-state index is 0.494. The van der Waals surface area contributed by atoms with Crippen LogP contribution in [0.1, 0.15) is 18.3 Å². The molecule has 1 aromatic heterocycles. The van der Waals surface area contributed by atoms with Gasteiger partial charge in [-0.2, -0.15) is 0 Å². The van der Waals surface area contributed by atoms with Crippen LogP contribution in [0.25, 0.3) is 11.0 Å². The molecule has 2 rings (SSSR count). The molecule has 0 aliphatic carbocycles. The van der Waals surface area contributed by atoms with Crippen LogP contribution < -0.4 is 5.73 Å². The van der Waals surface area contributed by atoms with E-state index < -0.39 is 0 Å². The van der Waals surface area contributed by atoms with Crippen LogP contribution in [0.3, 0.4) is 0 Å². The predicted octanol–water partition coefficient (Wildman–Crippen LogP) is 1.59. The van der Waals surface area contributed by atoms with Crippen molar-refractivity contribution in [2.45, 2.75) is 19.9 Å². The van der Waals surface area contributed by atoms with Gasteiger partial charge in [-0.1, -0.05) is 19.1 Å². The zero-order valence-corrected chi connectivity index (χ0v) is 8.62. The summed E-state index contributed by atoms with van der Waals surface area (Å²) >= 11 is 0. The lowest BCUT2D eigenvalue weighted by Gasteiger charge is -2.03. The van der Waals surface area contributed by atoms with Gasteiger partial charge in [0.25, 0.3) is 0 Å². The van der Waals surface area contributed by atoms with Crippen molar-refractivity contribution in [3.63, 3.8) is 0 Å². The first-order chi connectivity index (χ1) is 6.77. The SMILES string of the molecule is CCc1cccc2nc(CN)n(C)c12. The number of aryl methyl sites for hydroxylation is 2. The van der Waals surface area contributed by atoms with Crippen molar-refractivity contribution >= 4 is 11.0 Å². The fraction of sp³-hybridized carbons (Fsp3) is 0.364. The summed E-state index contributed by atoms with van der Waals surface area (Å²) in [6, 6.07) is 6.23. The Balaban J connectivity index is 2.79. The van der Waals surface area contributed by atoms with E-state index in [9.17, 15) is 0 Å². The lowest BCUT2D eigenvalue weighted by molar-refractivity contribution is 0.810. The quantitative estimate of drug-likeness (QED) is 0.779. The summed E-state index contributed by atoms with van der Waals surface area (Å²) in [6.07, 6.45) is 1.03. The van der Waals surface area contributed by atoms with Gasteiger partial charge >= 0.3 is 0 Å². The predicted molar refractivity (Wildman–Crippen MR) is 58.0 cm³/mol. The third-order valence-electron chi connectivity index (χ3n) is 2.63. The molecule has 0 aliphatic rings. The largest absolute Gasteiger partial charge is 0.330 e. The molecular weight excluding hydrogens is 174 g/mol. The number of aromatic nitrogens is 2. The molecule has 0 unspecified atom stereocenters. The van der Waals surface area contributed by atoms with E-state index >= 15 is 0 Å². The Hall–Kier alpha value is -1.35. The molecule has 14 heavy (non-hydrogen) atoms. The van der Waals surface area contributed by atoms with E-state index in [-0.39, 0.29) is 0 Å². The van der Waals surface area contributed by atoms with Gasteiger partial charge in [0.1, 0.15) is 5.82 Å². The number of nitrogens with zero attached hydrogens (tertiary/aromatic N) is 2. The average Bonchev–Trinajstić information content (AvgIpc) is 2.55. The topological polar surface area (TPSA) is 43.8 Å². The minimum Gasteiger partial charge on any atom is -0.330 e. The molecular formula is C11H15N3. The zero-order chi connectivity index (χ0) is 10.1. The summed E-state index contributed by atoms with van der Waals surface area (Å²) in [7, 11) is 2.02. The Morgan fingerprint density at radius 1 is 1.43 bits per heavy atom. The van der Waals surface area contributed by atoms with Crippen molar-refractivity contribution < 1.29 is 0 Å². The standard InChI is InChI=1S/C11H15N3/c1-3-8-5-4-6-9-11(8)14(2)10(7-12)13-9/h4-6H,3,7,12H2,1-2H3. The Labute approximate surface area is 83.6 Å². The number of imidazole rings is 1. The molecule has 0 amide bonds. The molecule has 0 aliphatic heterocycles. The zero-order valence-electron chi connectivity index (χ0n) is 8.62. The van der Waals surface area contributed by atoms with Crippen LogP contribution in [-0.2, 0) is 20.0 Å². The molecule has 0 fully saturated rings. The number of hydrogen-bond donors (Lipinski definition) is 1.